The van der Waals surface area contributed by atoms with Crippen LogP contribution in [0.25, 0.3) is 0 Å². The van der Waals surface area contributed by atoms with Gasteiger partial charge in [-0.1, -0.05) is 0 Å². The minimum absolute atomic E-state index is 0.153. The van der Waals surface area contributed by atoms with Crippen molar-refractivity contribution in [2.75, 3.05) is 10.5 Å². The van der Waals surface area contributed by atoms with Gasteiger partial charge in [0.1, 0.15) is 5.82 Å². The third kappa shape index (κ3) is 2.39. The molecule has 0 fully saturated rings. The van der Waals surface area contributed by atoms with E-state index in [9.17, 15) is 8.42 Å². The number of sulfonamides is 1. The van der Waals surface area contributed by atoms with Gasteiger partial charge in [0.05, 0.1) is 11.1 Å². The fraction of sp³-hybridized carbons (Fsp3) is 0.100. The number of aromatic nitrogens is 2. The molecule has 0 saturated carbocycles. The highest BCUT2D eigenvalue weighted by atomic mass is 32.2. The molecule has 17 heavy (non-hydrogen) atoms. The lowest BCUT2D eigenvalue weighted by Crippen LogP contribution is -2.13. The summed E-state index contributed by atoms with van der Waals surface area (Å²) >= 11 is 0. The van der Waals surface area contributed by atoms with Crippen LogP contribution in [0.2, 0.25) is 0 Å². The number of aromatic amines is 1. The maximum Gasteiger partial charge on any atom is 0.263 e. The lowest BCUT2D eigenvalue weighted by molar-refractivity contribution is 0.601. The predicted molar refractivity (Wildman–Crippen MR) is 65.0 cm³/mol. The molecule has 1 aromatic carbocycles. The predicted octanol–water partition coefficient (Wildman–Crippen LogP) is 1.10. The van der Waals surface area contributed by atoms with Crippen molar-refractivity contribution >= 4 is 21.5 Å². The molecule has 0 unspecified atom stereocenters. The molecular weight excluding hydrogens is 240 g/mol. The van der Waals surface area contributed by atoms with Crippen LogP contribution >= 0.6 is 0 Å². The highest BCUT2D eigenvalue weighted by molar-refractivity contribution is 7.92. The van der Waals surface area contributed by atoms with E-state index in [-0.39, 0.29) is 4.90 Å². The monoisotopic (exact) mass is 252 g/mol. The Labute approximate surface area is 98.9 Å². The summed E-state index contributed by atoms with van der Waals surface area (Å²) in [6.45, 7) is 1.75. The second-order valence-corrected chi connectivity index (χ2v) is 5.28. The van der Waals surface area contributed by atoms with Crippen molar-refractivity contribution in [2.45, 2.75) is 11.8 Å². The van der Waals surface area contributed by atoms with Crippen molar-refractivity contribution in [3.05, 3.63) is 36.0 Å². The number of rotatable bonds is 3. The maximum atomic E-state index is 12.0. The lowest BCUT2D eigenvalue weighted by atomic mass is 10.3. The number of nitrogens with two attached hydrogens (primary N) is 1. The average Bonchev–Trinajstić information content (AvgIpc) is 2.64. The number of nitrogen functional groups attached to an aromatic ring is 1. The summed E-state index contributed by atoms with van der Waals surface area (Å²) in [6.07, 6.45) is 1.54. The Kier molecular flexibility index (Phi) is 2.76. The Balaban J connectivity index is 2.31. The van der Waals surface area contributed by atoms with E-state index in [2.05, 4.69) is 14.9 Å². The first kappa shape index (κ1) is 11.5. The first-order chi connectivity index (χ1) is 7.99. The molecule has 2 rings (SSSR count). The SMILES string of the molecule is Cc1cn[nH]c1NS(=O)(=O)c1ccc(N)cc1. The number of hydrogen-bond acceptors (Lipinski definition) is 4. The van der Waals surface area contributed by atoms with Crippen LogP contribution < -0.4 is 10.5 Å². The molecule has 2 aromatic rings. The van der Waals surface area contributed by atoms with Gasteiger partial charge >= 0.3 is 0 Å². The highest BCUT2D eigenvalue weighted by Crippen LogP contribution is 2.17. The number of aryl methyl sites for hydroxylation is 1. The molecule has 0 aliphatic heterocycles. The van der Waals surface area contributed by atoms with E-state index in [0.29, 0.717) is 11.5 Å². The molecule has 90 valence electrons. The maximum absolute atomic E-state index is 12.0. The quantitative estimate of drug-likeness (QED) is 0.712. The number of nitrogens with one attached hydrogen (secondary N) is 2. The summed E-state index contributed by atoms with van der Waals surface area (Å²) in [7, 11) is -3.60. The van der Waals surface area contributed by atoms with Gasteiger partial charge in [0, 0.05) is 11.3 Å². The molecule has 1 aromatic heterocycles. The van der Waals surface area contributed by atoms with Crippen LogP contribution in [0.1, 0.15) is 5.56 Å². The van der Waals surface area contributed by atoms with Gasteiger partial charge in [-0.15, -0.1) is 0 Å². The third-order valence-electron chi connectivity index (χ3n) is 2.26. The van der Waals surface area contributed by atoms with Gasteiger partial charge in [-0.05, 0) is 31.2 Å². The van der Waals surface area contributed by atoms with Crippen molar-refractivity contribution in [2.24, 2.45) is 0 Å². The van der Waals surface area contributed by atoms with E-state index in [4.69, 9.17) is 5.73 Å². The molecule has 1 heterocycles. The van der Waals surface area contributed by atoms with Gasteiger partial charge in [0.2, 0.25) is 0 Å². The van der Waals surface area contributed by atoms with Crippen LogP contribution in [0.5, 0.6) is 0 Å². The molecule has 0 atom stereocenters. The van der Waals surface area contributed by atoms with E-state index in [1.807, 2.05) is 0 Å². The van der Waals surface area contributed by atoms with Crippen molar-refractivity contribution in [3.63, 3.8) is 0 Å². The van der Waals surface area contributed by atoms with E-state index >= 15 is 0 Å². The summed E-state index contributed by atoms with van der Waals surface area (Å²) in [5.74, 6) is 0.363. The summed E-state index contributed by atoms with van der Waals surface area (Å²) < 4.78 is 26.3. The van der Waals surface area contributed by atoms with Gasteiger partial charge in [0.25, 0.3) is 10.0 Å². The van der Waals surface area contributed by atoms with Crippen LogP contribution in [-0.4, -0.2) is 18.6 Å². The van der Waals surface area contributed by atoms with Gasteiger partial charge < -0.3 is 5.73 Å². The fourth-order valence-corrected chi connectivity index (χ4v) is 2.38. The molecule has 0 saturated heterocycles. The van der Waals surface area contributed by atoms with E-state index in [1.54, 1.807) is 13.1 Å². The van der Waals surface area contributed by atoms with Crippen LogP contribution in [-0.2, 0) is 10.0 Å². The molecule has 7 heteroatoms. The zero-order valence-corrected chi connectivity index (χ0v) is 9.95. The Morgan fingerprint density at radius 2 is 1.94 bits per heavy atom. The van der Waals surface area contributed by atoms with Gasteiger partial charge in [-0.25, -0.2) is 8.42 Å². The topological polar surface area (TPSA) is 101 Å². The van der Waals surface area contributed by atoms with Crippen LogP contribution in [0.4, 0.5) is 11.5 Å². The Morgan fingerprint density at radius 3 is 2.47 bits per heavy atom. The first-order valence-electron chi connectivity index (χ1n) is 4.87. The normalized spacial score (nSPS) is 11.4. The molecule has 0 bridgehead atoms. The molecule has 6 nitrogen and oxygen atoms in total. The van der Waals surface area contributed by atoms with Crippen LogP contribution in [0.15, 0.2) is 35.4 Å². The molecule has 4 N–H and O–H groups in total. The number of nitrogens with zero attached hydrogens (tertiary/aromatic N) is 1. The van der Waals surface area contributed by atoms with Gasteiger partial charge in [-0.3, -0.25) is 9.82 Å². The summed E-state index contributed by atoms with van der Waals surface area (Å²) in [5, 5.41) is 6.32. The van der Waals surface area contributed by atoms with Crippen molar-refractivity contribution in [1.82, 2.24) is 10.2 Å². The molecule has 0 amide bonds. The van der Waals surface area contributed by atoms with Crippen molar-refractivity contribution in [1.29, 1.82) is 0 Å². The molecule has 0 radical (unpaired) electrons. The van der Waals surface area contributed by atoms with E-state index in [1.165, 1.54) is 24.3 Å². The largest absolute Gasteiger partial charge is 0.399 e. The molecule has 0 aliphatic carbocycles. The Hall–Kier alpha value is -2.02. The third-order valence-corrected chi connectivity index (χ3v) is 3.62. The first-order valence-corrected chi connectivity index (χ1v) is 6.36. The zero-order chi connectivity index (χ0) is 12.5. The van der Waals surface area contributed by atoms with Crippen LogP contribution in [0, 0.1) is 6.92 Å². The van der Waals surface area contributed by atoms with Gasteiger partial charge in [-0.2, -0.15) is 5.10 Å². The number of H-pyrrole nitrogens is 1. The second kappa shape index (κ2) is 4.10. The second-order valence-electron chi connectivity index (χ2n) is 3.60. The molecule has 0 spiro atoms. The van der Waals surface area contributed by atoms with E-state index in [0.717, 1.165) is 5.56 Å². The summed E-state index contributed by atoms with van der Waals surface area (Å²) in [4.78, 5) is 0.153. The number of benzene rings is 1. The minimum atomic E-state index is -3.60. The van der Waals surface area contributed by atoms with Crippen molar-refractivity contribution < 1.29 is 8.42 Å². The molecule has 0 aliphatic rings. The average molecular weight is 252 g/mol. The Bertz CT molecular complexity index is 616. The smallest absolute Gasteiger partial charge is 0.263 e. The standard InChI is InChI=1S/C10H12N4O2S/c1-7-6-12-13-10(7)14-17(15,16)9-4-2-8(11)3-5-9/h2-6H,11H2,1H3,(H2,12,13,14). The van der Waals surface area contributed by atoms with Gasteiger partial charge in [0.15, 0.2) is 0 Å². The van der Waals surface area contributed by atoms with E-state index < -0.39 is 10.0 Å². The lowest BCUT2D eigenvalue weighted by Gasteiger charge is -2.06. The zero-order valence-electron chi connectivity index (χ0n) is 9.14. The minimum Gasteiger partial charge on any atom is -0.399 e. The number of anilines is 2. The highest BCUT2D eigenvalue weighted by Gasteiger charge is 2.15. The van der Waals surface area contributed by atoms with Crippen LogP contribution in [0.3, 0.4) is 0 Å². The van der Waals surface area contributed by atoms with Crippen molar-refractivity contribution in [3.8, 4) is 0 Å². The summed E-state index contributed by atoms with van der Waals surface area (Å²) in [6, 6.07) is 5.97. The molecular formula is C10H12N4O2S. The Morgan fingerprint density at radius 1 is 1.29 bits per heavy atom. The summed E-state index contributed by atoms with van der Waals surface area (Å²) in [5.41, 5.74) is 6.74. The number of hydrogen-bond donors (Lipinski definition) is 3. The fourth-order valence-electron chi connectivity index (χ4n) is 1.29.